The summed E-state index contributed by atoms with van der Waals surface area (Å²) in [5.41, 5.74) is 20.5. The molecular formula is C24H28N6O6S2. The fourth-order valence-electron chi connectivity index (χ4n) is 2.78. The minimum atomic E-state index is -4.57. The Hall–Kier alpha value is -4.50. The molecule has 14 heteroatoms. The molecule has 0 aliphatic heterocycles. The molecule has 3 aromatic rings. The van der Waals surface area contributed by atoms with Crippen LogP contribution in [0.25, 0.3) is 24.3 Å². The quantitative estimate of drug-likeness (QED) is 0.0824. The minimum Gasteiger partial charge on any atom is -0.744 e. The van der Waals surface area contributed by atoms with E-state index in [9.17, 15) is 25.9 Å². The van der Waals surface area contributed by atoms with E-state index in [1.807, 2.05) is 0 Å². The van der Waals surface area contributed by atoms with Crippen molar-refractivity contribution in [3.05, 3.63) is 95.1 Å². The Morgan fingerprint density at radius 1 is 0.553 bits per heavy atom. The molecule has 0 amide bonds. The molecule has 0 atom stereocenters. The predicted octanol–water partition coefficient (Wildman–Crippen LogP) is -2.13. The molecule has 38 heavy (non-hydrogen) atoms. The van der Waals surface area contributed by atoms with Gasteiger partial charge in [-0.25, -0.2) is 16.8 Å². The second-order valence-corrected chi connectivity index (χ2v) is 10.0. The smallest absolute Gasteiger partial charge is 0.336 e. The van der Waals surface area contributed by atoms with Crippen LogP contribution in [0.5, 0.6) is 0 Å². The van der Waals surface area contributed by atoms with E-state index in [2.05, 4.69) is 33.8 Å². The summed E-state index contributed by atoms with van der Waals surface area (Å²) in [5, 5.41) is 9.17. The SMILES string of the molecule is NC(N)=[NH2+].NC(N)=[NH2+].O=S(=O)([O-])c1ccccc1/C=C/c1ccc(/C=C/c2ccccc2S(=O)(=O)[O-])cc1. The second-order valence-electron chi connectivity index (χ2n) is 7.32. The number of rotatable bonds is 6. The molecular weight excluding hydrogens is 532 g/mol. The van der Waals surface area contributed by atoms with Crippen LogP contribution in [0.1, 0.15) is 22.3 Å². The van der Waals surface area contributed by atoms with E-state index >= 15 is 0 Å². The lowest BCUT2D eigenvalue weighted by Crippen LogP contribution is -2.51. The Bertz CT molecular complexity index is 1410. The molecule has 0 saturated heterocycles. The molecule has 0 heterocycles. The topological polar surface area (TPSA) is 270 Å². The first-order valence-electron chi connectivity index (χ1n) is 10.4. The lowest BCUT2D eigenvalue weighted by Gasteiger charge is -2.10. The zero-order valence-electron chi connectivity index (χ0n) is 20.0. The standard InChI is InChI=1S/C22H18O6S2.2CH5N3/c23-29(24,25)21-7-3-1-5-19(21)15-13-17-9-11-18(12-10-17)14-16-20-6-2-4-8-22(20)30(26,27)28;2*2-1(3)4/h1-16H,(H,23,24,25)(H,26,27,28);2*(H5,2,3,4)/b15-13+,16-14+;;. The van der Waals surface area contributed by atoms with Crippen LogP contribution in [0.3, 0.4) is 0 Å². The van der Waals surface area contributed by atoms with Crippen molar-refractivity contribution in [3.8, 4) is 0 Å². The summed E-state index contributed by atoms with van der Waals surface area (Å²) in [4.78, 5) is -0.569. The van der Waals surface area contributed by atoms with Gasteiger partial charge in [-0.15, -0.1) is 0 Å². The van der Waals surface area contributed by atoms with E-state index < -0.39 is 20.2 Å². The summed E-state index contributed by atoms with van der Waals surface area (Å²) in [5.74, 6) is -0.167. The average molecular weight is 561 g/mol. The molecule has 0 saturated carbocycles. The fraction of sp³-hybridized carbons (Fsp3) is 0. The van der Waals surface area contributed by atoms with Gasteiger partial charge in [0, 0.05) is 0 Å². The van der Waals surface area contributed by atoms with Crippen molar-refractivity contribution < 1.29 is 36.8 Å². The monoisotopic (exact) mass is 560 g/mol. The third-order valence-corrected chi connectivity index (χ3v) is 6.04. The van der Waals surface area contributed by atoms with Gasteiger partial charge in [-0.2, -0.15) is 0 Å². The van der Waals surface area contributed by atoms with Crippen LogP contribution in [-0.2, 0) is 20.2 Å². The Morgan fingerprint density at radius 3 is 1.08 bits per heavy atom. The minimum absolute atomic E-state index is 0.0833. The van der Waals surface area contributed by atoms with Gasteiger partial charge in [-0.3, -0.25) is 33.8 Å². The number of nitrogens with two attached hydrogens (primary N) is 6. The summed E-state index contributed by atoms with van der Waals surface area (Å²) >= 11 is 0. The van der Waals surface area contributed by atoms with Gasteiger partial charge < -0.3 is 9.11 Å². The van der Waals surface area contributed by atoms with Crippen molar-refractivity contribution >= 4 is 56.5 Å². The van der Waals surface area contributed by atoms with Crippen molar-refractivity contribution in [2.75, 3.05) is 0 Å². The fourth-order valence-corrected chi connectivity index (χ4v) is 4.12. The second kappa shape index (κ2) is 14.3. The molecule has 3 aromatic carbocycles. The van der Waals surface area contributed by atoms with E-state index in [0.717, 1.165) is 11.1 Å². The highest BCUT2D eigenvalue weighted by atomic mass is 32.2. The van der Waals surface area contributed by atoms with E-state index in [1.165, 1.54) is 24.3 Å². The predicted molar refractivity (Wildman–Crippen MR) is 144 cm³/mol. The van der Waals surface area contributed by atoms with Gasteiger partial charge in [-0.05, 0) is 34.4 Å². The molecule has 12 N–H and O–H groups in total. The Kier molecular flexibility index (Phi) is 11.9. The van der Waals surface area contributed by atoms with Crippen LogP contribution in [0.4, 0.5) is 0 Å². The normalized spacial score (nSPS) is 11.2. The van der Waals surface area contributed by atoms with E-state index in [1.54, 1.807) is 72.8 Å². The van der Waals surface area contributed by atoms with Gasteiger partial charge >= 0.3 is 11.9 Å². The third kappa shape index (κ3) is 12.0. The summed E-state index contributed by atoms with van der Waals surface area (Å²) in [6.45, 7) is 0. The Labute approximate surface area is 220 Å². The maximum Gasteiger partial charge on any atom is 0.336 e. The van der Waals surface area contributed by atoms with E-state index in [-0.39, 0.29) is 21.7 Å². The average Bonchev–Trinajstić information content (AvgIpc) is 2.80. The van der Waals surface area contributed by atoms with E-state index in [4.69, 9.17) is 0 Å². The number of hydrogen-bond donors (Lipinski definition) is 6. The molecule has 0 aromatic heterocycles. The Balaban J connectivity index is 0.000000794. The maximum atomic E-state index is 11.3. The molecule has 0 bridgehead atoms. The summed E-state index contributed by atoms with van der Waals surface area (Å²) in [6.07, 6.45) is 6.45. The lowest BCUT2D eigenvalue weighted by atomic mass is 10.1. The highest BCUT2D eigenvalue weighted by Crippen LogP contribution is 2.20. The van der Waals surface area contributed by atoms with Crippen LogP contribution in [0.15, 0.2) is 82.6 Å². The highest BCUT2D eigenvalue weighted by molar-refractivity contribution is 7.86. The van der Waals surface area contributed by atoms with Gasteiger partial charge in [0.25, 0.3) is 0 Å². The van der Waals surface area contributed by atoms with E-state index in [0.29, 0.717) is 11.1 Å². The first kappa shape index (κ1) is 31.5. The first-order valence-corrected chi connectivity index (χ1v) is 13.3. The molecule has 0 aliphatic carbocycles. The van der Waals surface area contributed by atoms with Crippen LogP contribution in [0, 0.1) is 0 Å². The molecule has 0 radical (unpaired) electrons. The van der Waals surface area contributed by atoms with Crippen molar-refractivity contribution in [2.24, 2.45) is 22.9 Å². The van der Waals surface area contributed by atoms with Crippen molar-refractivity contribution in [2.45, 2.75) is 9.79 Å². The van der Waals surface area contributed by atoms with Crippen LogP contribution in [-0.4, -0.2) is 37.9 Å². The first-order chi connectivity index (χ1) is 17.6. The van der Waals surface area contributed by atoms with Gasteiger partial charge in [0.05, 0.1) is 9.79 Å². The number of guanidine groups is 2. The van der Waals surface area contributed by atoms with Crippen molar-refractivity contribution in [1.82, 2.24) is 0 Å². The van der Waals surface area contributed by atoms with Gasteiger partial charge in [-0.1, -0.05) is 85.0 Å². The summed E-state index contributed by atoms with van der Waals surface area (Å²) in [7, 11) is -9.14. The zero-order chi connectivity index (χ0) is 28.9. The lowest BCUT2D eigenvalue weighted by molar-refractivity contribution is -0.117. The summed E-state index contributed by atoms with van der Waals surface area (Å²) < 4.78 is 68.0. The Morgan fingerprint density at radius 2 is 0.816 bits per heavy atom. The molecule has 3 rings (SSSR count). The maximum absolute atomic E-state index is 11.3. The van der Waals surface area contributed by atoms with Gasteiger partial charge in [0.2, 0.25) is 0 Å². The van der Waals surface area contributed by atoms with Crippen LogP contribution in [0.2, 0.25) is 0 Å². The third-order valence-electron chi connectivity index (χ3n) is 4.22. The zero-order valence-corrected chi connectivity index (χ0v) is 21.6. The van der Waals surface area contributed by atoms with Crippen molar-refractivity contribution in [1.29, 1.82) is 0 Å². The molecule has 0 aliphatic rings. The largest absolute Gasteiger partial charge is 0.744 e. The molecule has 12 nitrogen and oxygen atoms in total. The van der Waals surface area contributed by atoms with Gasteiger partial charge in [0.15, 0.2) is 0 Å². The van der Waals surface area contributed by atoms with Crippen LogP contribution < -0.4 is 33.8 Å². The number of hydrogen-bond acceptors (Lipinski definition) is 6. The van der Waals surface area contributed by atoms with Gasteiger partial charge in [0.1, 0.15) is 20.2 Å². The molecule has 202 valence electrons. The number of benzene rings is 3. The summed E-state index contributed by atoms with van der Waals surface area (Å²) in [6, 6.07) is 19.0. The molecule has 0 spiro atoms. The molecule has 0 fully saturated rings. The van der Waals surface area contributed by atoms with Crippen molar-refractivity contribution in [3.63, 3.8) is 0 Å². The van der Waals surface area contributed by atoms with Crippen LogP contribution >= 0.6 is 0 Å². The molecule has 0 unspecified atom stereocenters. The highest BCUT2D eigenvalue weighted by Gasteiger charge is 2.06.